The Morgan fingerprint density at radius 3 is 2.62 bits per heavy atom. The summed E-state index contributed by atoms with van der Waals surface area (Å²) in [4.78, 5) is 4.47. The first-order valence-electron chi connectivity index (χ1n) is 5.21. The van der Waals surface area contributed by atoms with E-state index < -0.39 is 0 Å². The van der Waals surface area contributed by atoms with Crippen LogP contribution in [-0.2, 0) is 0 Å². The Balaban J connectivity index is 2.52. The van der Waals surface area contributed by atoms with Gasteiger partial charge in [0.25, 0.3) is 0 Å². The molecule has 1 heteroatoms. The molecule has 2 aromatic carbocycles. The number of para-hydroxylation sites is 1. The van der Waals surface area contributed by atoms with Gasteiger partial charge in [0.2, 0.25) is 0 Å². The zero-order valence-electron chi connectivity index (χ0n) is 8.72. The molecule has 0 N–H and O–H groups in total. The number of benzene rings is 2. The van der Waals surface area contributed by atoms with Crippen molar-refractivity contribution in [3.8, 4) is 0 Å². The van der Waals surface area contributed by atoms with Crippen molar-refractivity contribution in [3.63, 3.8) is 0 Å². The highest BCUT2D eigenvalue weighted by Gasteiger charge is 2.03. The van der Waals surface area contributed by atoms with Crippen LogP contribution in [0.2, 0.25) is 0 Å². The lowest BCUT2D eigenvalue weighted by Crippen LogP contribution is -1.87. The first kappa shape index (κ1) is 9.34. The zero-order valence-corrected chi connectivity index (χ0v) is 8.72. The van der Waals surface area contributed by atoms with E-state index in [9.17, 15) is 0 Å². The summed E-state index contributed by atoms with van der Waals surface area (Å²) in [6.45, 7) is 5.59. The molecule has 3 aromatic rings. The van der Waals surface area contributed by atoms with Gasteiger partial charge in [-0.05, 0) is 24.3 Å². The van der Waals surface area contributed by atoms with Crippen LogP contribution >= 0.6 is 0 Å². The topological polar surface area (TPSA) is 12.9 Å². The maximum atomic E-state index is 5.59. The summed E-state index contributed by atoms with van der Waals surface area (Å²) in [6.07, 6.45) is 3.49. The average molecular weight is 204 g/mol. The van der Waals surface area contributed by atoms with Gasteiger partial charge < -0.3 is 0 Å². The van der Waals surface area contributed by atoms with E-state index in [-0.39, 0.29) is 0 Å². The highest BCUT2D eigenvalue weighted by Crippen LogP contribution is 2.25. The molecule has 3 rings (SSSR count). The highest BCUT2D eigenvalue weighted by atomic mass is 14.7. The fourth-order valence-corrected chi connectivity index (χ4v) is 2.05. The van der Waals surface area contributed by atoms with Gasteiger partial charge in [-0.15, -0.1) is 0 Å². The SMILES string of the molecule is [CH][CH]c1cccc2c1ncc1ccccc12. The van der Waals surface area contributed by atoms with Crippen LogP contribution in [0, 0.1) is 13.3 Å². The number of pyridine rings is 1. The monoisotopic (exact) mass is 204 g/mol. The Hall–Kier alpha value is -1.89. The van der Waals surface area contributed by atoms with Crippen LogP contribution in [0.4, 0.5) is 0 Å². The van der Waals surface area contributed by atoms with Crippen LogP contribution in [0.15, 0.2) is 48.7 Å². The minimum absolute atomic E-state index is 0.962. The molecule has 0 aliphatic carbocycles. The largest absolute Gasteiger partial charge is 0.255 e. The van der Waals surface area contributed by atoms with Crippen molar-refractivity contribution in [2.75, 3.05) is 0 Å². The molecule has 75 valence electrons. The molecule has 0 atom stereocenters. The van der Waals surface area contributed by atoms with Crippen LogP contribution in [-0.4, -0.2) is 4.98 Å². The van der Waals surface area contributed by atoms with E-state index >= 15 is 0 Å². The molecule has 0 unspecified atom stereocenters. The molecule has 16 heavy (non-hydrogen) atoms. The maximum Gasteiger partial charge on any atom is 0.0743 e. The summed E-state index contributed by atoms with van der Waals surface area (Å²) in [7, 11) is 0. The van der Waals surface area contributed by atoms with Gasteiger partial charge in [-0.25, -0.2) is 0 Å². The molecule has 0 saturated carbocycles. The van der Waals surface area contributed by atoms with Gasteiger partial charge in [0.05, 0.1) is 5.52 Å². The molecule has 0 spiro atoms. The summed E-state index contributed by atoms with van der Waals surface area (Å²) in [5, 5.41) is 3.53. The van der Waals surface area contributed by atoms with Gasteiger partial charge in [0, 0.05) is 17.0 Å². The predicted octanol–water partition coefficient (Wildman–Crippen LogP) is 3.65. The fourth-order valence-electron chi connectivity index (χ4n) is 2.05. The Bertz CT molecular complexity index is 656. The summed E-state index contributed by atoms with van der Waals surface area (Å²) in [6, 6.07) is 14.3. The van der Waals surface area contributed by atoms with E-state index in [0.717, 1.165) is 21.9 Å². The van der Waals surface area contributed by atoms with E-state index in [1.54, 1.807) is 6.42 Å². The van der Waals surface area contributed by atoms with Crippen LogP contribution < -0.4 is 0 Å². The maximum absolute atomic E-state index is 5.59. The standard InChI is InChI=1S/C15H10N/c1-2-11-7-5-9-14-13-8-4-3-6-12(13)10-16-15(11)14/h1-10H. The Morgan fingerprint density at radius 2 is 1.75 bits per heavy atom. The second kappa shape index (κ2) is 3.60. The molecule has 0 saturated heterocycles. The summed E-state index contributed by atoms with van der Waals surface area (Å²) in [5.74, 6) is 0. The predicted molar refractivity (Wildman–Crippen MR) is 67.0 cm³/mol. The third-order valence-corrected chi connectivity index (χ3v) is 2.83. The van der Waals surface area contributed by atoms with Crippen molar-refractivity contribution < 1.29 is 0 Å². The summed E-state index contributed by atoms with van der Waals surface area (Å²) in [5.41, 5.74) is 1.94. The average Bonchev–Trinajstić information content (AvgIpc) is 2.37. The first-order valence-corrected chi connectivity index (χ1v) is 5.21. The number of hydrogen-bond acceptors (Lipinski definition) is 1. The molecule has 0 bridgehead atoms. The fraction of sp³-hybridized carbons (Fsp3) is 0. The third-order valence-electron chi connectivity index (χ3n) is 2.83. The van der Waals surface area contributed by atoms with Crippen LogP contribution in [0.3, 0.4) is 0 Å². The molecule has 0 aliphatic heterocycles. The normalized spacial score (nSPS) is 11.1. The van der Waals surface area contributed by atoms with Gasteiger partial charge in [0.1, 0.15) is 0 Å². The lowest BCUT2D eigenvalue weighted by Gasteiger charge is -2.06. The number of hydrogen-bond donors (Lipinski definition) is 0. The lowest BCUT2D eigenvalue weighted by atomic mass is 10.0. The van der Waals surface area contributed by atoms with Gasteiger partial charge >= 0.3 is 0 Å². The highest BCUT2D eigenvalue weighted by molar-refractivity contribution is 6.06. The van der Waals surface area contributed by atoms with Crippen molar-refractivity contribution in [2.24, 2.45) is 0 Å². The molecule has 1 aromatic heterocycles. The Morgan fingerprint density at radius 1 is 0.938 bits per heavy atom. The summed E-state index contributed by atoms with van der Waals surface area (Å²) < 4.78 is 0. The van der Waals surface area contributed by atoms with E-state index in [1.165, 1.54) is 5.39 Å². The van der Waals surface area contributed by atoms with E-state index in [4.69, 9.17) is 6.92 Å². The van der Waals surface area contributed by atoms with Crippen molar-refractivity contribution >= 4 is 21.7 Å². The minimum atomic E-state index is 0.962. The molecular weight excluding hydrogens is 194 g/mol. The number of fused-ring (bicyclic) bond motifs is 3. The smallest absolute Gasteiger partial charge is 0.0743 e. The molecule has 0 fully saturated rings. The number of nitrogens with zero attached hydrogens (tertiary/aromatic N) is 1. The first-order chi connectivity index (χ1) is 7.90. The molecular formula is C15H10N. The second-order valence-electron chi connectivity index (χ2n) is 3.76. The van der Waals surface area contributed by atoms with Crippen LogP contribution in [0.1, 0.15) is 5.56 Å². The van der Waals surface area contributed by atoms with Gasteiger partial charge in [-0.3, -0.25) is 4.98 Å². The molecule has 1 nitrogen and oxygen atoms in total. The molecule has 1 heterocycles. The molecule has 0 amide bonds. The second-order valence-corrected chi connectivity index (χ2v) is 3.76. The van der Waals surface area contributed by atoms with Crippen LogP contribution in [0.5, 0.6) is 0 Å². The molecule has 3 radical (unpaired) electrons. The third kappa shape index (κ3) is 1.28. The number of rotatable bonds is 1. The number of aromatic nitrogens is 1. The van der Waals surface area contributed by atoms with Crippen LogP contribution in [0.25, 0.3) is 21.7 Å². The summed E-state index contributed by atoms with van der Waals surface area (Å²) >= 11 is 0. The van der Waals surface area contributed by atoms with E-state index in [1.807, 2.05) is 30.5 Å². The van der Waals surface area contributed by atoms with Gasteiger partial charge in [-0.1, -0.05) is 42.5 Å². The van der Waals surface area contributed by atoms with E-state index in [0.29, 0.717) is 0 Å². The van der Waals surface area contributed by atoms with Gasteiger partial charge in [0.15, 0.2) is 0 Å². The van der Waals surface area contributed by atoms with Crippen molar-refractivity contribution in [1.82, 2.24) is 4.98 Å². The zero-order chi connectivity index (χ0) is 11.0. The lowest BCUT2D eigenvalue weighted by molar-refractivity contribution is 1.41. The van der Waals surface area contributed by atoms with Crippen molar-refractivity contribution in [3.05, 3.63) is 67.6 Å². The Labute approximate surface area is 94.7 Å². The van der Waals surface area contributed by atoms with E-state index in [2.05, 4.69) is 23.2 Å². The van der Waals surface area contributed by atoms with Gasteiger partial charge in [-0.2, -0.15) is 0 Å². The van der Waals surface area contributed by atoms with Crippen molar-refractivity contribution in [1.29, 1.82) is 0 Å². The quantitative estimate of drug-likeness (QED) is 0.551. The molecule has 0 aliphatic rings. The van der Waals surface area contributed by atoms with Crippen molar-refractivity contribution in [2.45, 2.75) is 0 Å². The minimum Gasteiger partial charge on any atom is -0.255 e. The Kier molecular flexibility index (Phi) is 2.10.